The van der Waals surface area contributed by atoms with Crippen LogP contribution in [-0.2, 0) is 30.3 Å². The summed E-state index contributed by atoms with van der Waals surface area (Å²) in [5.41, 5.74) is 8.85. The molecule has 3 N–H and O–H groups in total. The molecule has 33 heavy (non-hydrogen) atoms. The Morgan fingerprint density at radius 2 is 1.76 bits per heavy atom. The smallest absolute Gasteiger partial charge is 0.328 e. The van der Waals surface area contributed by atoms with E-state index in [0.29, 0.717) is 10.6 Å². The van der Waals surface area contributed by atoms with E-state index in [9.17, 15) is 19.2 Å². The normalized spacial score (nSPS) is 11.4. The van der Waals surface area contributed by atoms with Gasteiger partial charge in [0.25, 0.3) is 11.8 Å². The van der Waals surface area contributed by atoms with Crippen LogP contribution < -0.4 is 11.1 Å². The molecule has 0 radical (unpaired) electrons. The predicted octanol–water partition coefficient (Wildman–Crippen LogP) is 1.64. The molecule has 1 aromatic carbocycles. The van der Waals surface area contributed by atoms with Crippen LogP contribution in [0.4, 0.5) is 0 Å². The van der Waals surface area contributed by atoms with E-state index < -0.39 is 36.4 Å². The van der Waals surface area contributed by atoms with Crippen LogP contribution in [0, 0.1) is 20.8 Å². The number of nitrogens with one attached hydrogen (secondary N) is 1. The van der Waals surface area contributed by atoms with Crippen molar-refractivity contribution in [2.75, 3.05) is 19.5 Å². The maximum absolute atomic E-state index is 12.2. The van der Waals surface area contributed by atoms with Crippen LogP contribution in [-0.4, -0.2) is 54.2 Å². The van der Waals surface area contributed by atoms with E-state index in [4.69, 9.17) is 15.2 Å². The van der Waals surface area contributed by atoms with E-state index >= 15 is 0 Å². The predicted molar refractivity (Wildman–Crippen MR) is 123 cm³/mol. The highest BCUT2D eigenvalue weighted by atomic mass is 32.2. The first kappa shape index (κ1) is 25.9. The number of rotatable bonds is 10. The van der Waals surface area contributed by atoms with Crippen LogP contribution in [0.15, 0.2) is 35.4 Å². The van der Waals surface area contributed by atoms with E-state index in [-0.39, 0.29) is 17.7 Å². The van der Waals surface area contributed by atoms with Crippen LogP contribution in [0.2, 0.25) is 0 Å². The Balaban J connectivity index is 1.93. The van der Waals surface area contributed by atoms with Gasteiger partial charge < -0.3 is 20.5 Å². The number of nitrogens with zero attached hydrogens (tertiary/aromatic N) is 1. The van der Waals surface area contributed by atoms with Crippen LogP contribution in [0.3, 0.4) is 0 Å². The van der Waals surface area contributed by atoms with Crippen LogP contribution in [0.25, 0.3) is 0 Å². The minimum Gasteiger partial charge on any atom is -0.467 e. The summed E-state index contributed by atoms with van der Waals surface area (Å²) in [4.78, 5) is 52.6. The summed E-state index contributed by atoms with van der Waals surface area (Å²) in [6, 6.07) is 8.21. The van der Waals surface area contributed by atoms with Gasteiger partial charge in [0, 0.05) is 12.1 Å². The molecule has 2 amide bonds. The standard InChI is InChI=1S/C23H27N3O6S/c1-13-14(2)20(21(24)29)22(25-15(13)3)33-12-19(28)32-11-18(27)26-17(23(30)31-4)10-16-8-6-5-7-9-16/h5-9,17H,10-12H2,1-4H3,(H2,24,29)(H,26,27). The molecule has 2 aromatic rings. The lowest BCUT2D eigenvalue weighted by Crippen LogP contribution is -2.44. The number of pyridine rings is 1. The fourth-order valence-corrected chi connectivity index (χ4v) is 3.98. The van der Waals surface area contributed by atoms with Crippen molar-refractivity contribution in [1.29, 1.82) is 0 Å². The van der Waals surface area contributed by atoms with Crippen molar-refractivity contribution in [1.82, 2.24) is 10.3 Å². The number of amides is 2. The van der Waals surface area contributed by atoms with Crippen molar-refractivity contribution in [3.05, 3.63) is 58.3 Å². The number of ether oxygens (including phenoxy) is 2. The van der Waals surface area contributed by atoms with Crippen molar-refractivity contribution >= 4 is 35.5 Å². The Morgan fingerprint density at radius 1 is 1.09 bits per heavy atom. The van der Waals surface area contributed by atoms with Gasteiger partial charge in [0.2, 0.25) is 0 Å². The van der Waals surface area contributed by atoms with E-state index in [0.717, 1.165) is 28.6 Å². The van der Waals surface area contributed by atoms with Crippen molar-refractivity contribution in [2.24, 2.45) is 5.73 Å². The Labute approximate surface area is 196 Å². The second-order valence-corrected chi connectivity index (χ2v) is 8.24. The Morgan fingerprint density at radius 3 is 2.36 bits per heavy atom. The molecule has 9 nitrogen and oxygen atoms in total. The molecule has 1 aromatic heterocycles. The maximum atomic E-state index is 12.2. The number of hydrogen-bond acceptors (Lipinski definition) is 8. The van der Waals surface area contributed by atoms with Gasteiger partial charge in [0.1, 0.15) is 11.1 Å². The zero-order valence-corrected chi connectivity index (χ0v) is 19.8. The second-order valence-electron chi connectivity index (χ2n) is 7.27. The summed E-state index contributed by atoms with van der Waals surface area (Å²) in [5, 5.41) is 2.85. The molecular weight excluding hydrogens is 446 g/mol. The summed E-state index contributed by atoms with van der Waals surface area (Å²) in [7, 11) is 1.23. The number of methoxy groups -OCH3 is 1. The number of benzene rings is 1. The van der Waals surface area contributed by atoms with Gasteiger partial charge in [-0.25, -0.2) is 9.78 Å². The van der Waals surface area contributed by atoms with Crippen LogP contribution >= 0.6 is 11.8 Å². The Hall–Kier alpha value is -3.40. The summed E-state index contributed by atoms with van der Waals surface area (Å²) in [6.07, 6.45) is 0.233. The van der Waals surface area contributed by atoms with Crippen molar-refractivity contribution < 1.29 is 28.7 Å². The van der Waals surface area contributed by atoms with Crippen molar-refractivity contribution in [2.45, 2.75) is 38.3 Å². The molecule has 0 spiro atoms. The summed E-state index contributed by atoms with van der Waals surface area (Å²) < 4.78 is 9.75. The highest BCUT2D eigenvalue weighted by Gasteiger charge is 2.23. The average molecular weight is 474 g/mol. The zero-order chi connectivity index (χ0) is 24.5. The number of aryl methyl sites for hydroxylation is 1. The molecule has 1 unspecified atom stereocenters. The zero-order valence-electron chi connectivity index (χ0n) is 19.0. The first-order chi connectivity index (χ1) is 15.6. The summed E-state index contributed by atoms with van der Waals surface area (Å²) in [6.45, 7) is 4.84. The molecule has 176 valence electrons. The maximum Gasteiger partial charge on any atom is 0.328 e. The Kier molecular flexibility index (Phi) is 9.41. The number of primary amides is 1. The number of thioether (sulfide) groups is 1. The van der Waals surface area contributed by atoms with E-state index in [1.54, 1.807) is 13.8 Å². The minimum absolute atomic E-state index is 0.174. The molecule has 0 aliphatic carbocycles. The number of esters is 2. The van der Waals surface area contributed by atoms with Gasteiger partial charge in [0.15, 0.2) is 6.61 Å². The number of carbonyl (C=O) groups is 4. The molecule has 10 heteroatoms. The number of nitrogens with two attached hydrogens (primary N) is 1. The molecule has 0 saturated carbocycles. The van der Waals surface area contributed by atoms with Gasteiger partial charge in [-0.15, -0.1) is 0 Å². The van der Waals surface area contributed by atoms with Gasteiger partial charge in [-0.05, 0) is 37.5 Å². The molecule has 0 bridgehead atoms. The lowest BCUT2D eigenvalue weighted by molar-refractivity contribution is -0.148. The molecule has 0 aliphatic rings. The lowest BCUT2D eigenvalue weighted by atomic mass is 10.0. The molecule has 0 saturated heterocycles. The topological polar surface area (TPSA) is 138 Å². The third kappa shape index (κ3) is 7.31. The van der Waals surface area contributed by atoms with E-state index in [2.05, 4.69) is 10.3 Å². The first-order valence-corrected chi connectivity index (χ1v) is 11.1. The lowest BCUT2D eigenvalue weighted by Gasteiger charge is -2.16. The quantitative estimate of drug-likeness (QED) is 0.392. The van der Waals surface area contributed by atoms with E-state index in [1.807, 2.05) is 37.3 Å². The van der Waals surface area contributed by atoms with Crippen molar-refractivity contribution in [3.8, 4) is 0 Å². The number of carbonyl (C=O) groups excluding carboxylic acids is 4. The first-order valence-electron chi connectivity index (χ1n) is 10.1. The fourth-order valence-electron chi connectivity index (χ4n) is 3.04. The van der Waals surface area contributed by atoms with Gasteiger partial charge in [0.05, 0.1) is 18.4 Å². The molecular formula is C23H27N3O6S. The minimum atomic E-state index is -0.918. The number of hydrogen-bond donors (Lipinski definition) is 2. The van der Waals surface area contributed by atoms with Gasteiger partial charge >= 0.3 is 11.9 Å². The van der Waals surface area contributed by atoms with Crippen LogP contribution in [0.1, 0.15) is 32.7 Å². The van der Waals surface area contributed by atoms with Gasteiger partial charge in [-0.2, -0.15) is 0 Å². The van der Waals surface area contributed by atoms with Gasteiger partial charge in [-0.3, -0.25) is 14.4 Å². The van der Waals surface area contributed by atoms with Crippen molar-refractivity contribution in [3.63, 3.8) is 0 Å². The SMILES string of the molecule is COC(=O)C(Cc1ccccc1)NC(=O)COC(=O)CSc1nc(C)c(C)c(C)c1C(N)=O. The number of aromatic nitrogens is 1. The summed E-state index contributed by atoms with van der Waals surface area (Å²) in [5.74, 6) is -2.74. The highest BCUT2D eigenvalue weighted by Crippen LogP contribution is 2.26. The third-order valence-corrected chi connectivity index (χ3v) is 5.95. The molecule has 2 rings (SSSR count). The average Bonchev–Trinajstić information content (AvgIpc) is 2.79. The van der Waals surface area contributed by atoms with E-state index in [1.165, 1.54) is 7.11 Å². The fraction of sp³-hybridized carbons (Fsp3) is 0.348. The highest BCUT2D eigenvalue weighted by molar-refractivity contribution is 8.00. The summed E-state index contributed by atoms with van der Waals surface area (Å²) >= 11 is 1.00. The largest absolute Gasteiger partial charge is 0.467 e. The third-order valence-electron chi connectivity index (χ3n) is 5.00. The molecule has 0 fully saturated rings. The molecule has 1 heterocycles. The van der Waals surface area contributed by atoms with Gasteiger partial charge in [-0.1, -0.05) is 42.1 Å². The second kappa shape index (κ2) is 12.0. The van der Waals surface area contributed by atoms with Crippen LogP contribution in [0.5, 0.6) is 0 Å². The monoisotopic (exact) mass is 473 g/mol. The molecule has 0 aliphatic heterocycles. The molecule has 1 atom stereocenters. The Bertz CT molecular complexity index is 1040.